The van der Waals surface area contributed by atoms with Crippen LogP contribution in [-0.2, 0) is 18.0 Å². The summed E-state index contributed by atoms with van der Waals surface area (Å²) in [5, 5.41) is 6.08. The number of allylic oxidation sites excluding steroid dienone is 1. The molecule has 0 aliphatic rings. The standard InChI is InChI=1S/C23H19ClF4N6O3/c1-12(31-14-4-5-18(25)17(24)9-14)30-10-16(20(29)34-7-6-19(32-34)23(26,27)28)13-8-15(22(36)37-3)21(35)33(2)11-13/h4-11,31H,1,29H2,2-3H3/b20-16-,30-10?. The zero-order chi connectivity index (χ0) is 27.5. The first-order chi connectivity index (χ1) is 17.3. The Hall–Kier alpha value is -4.39. The van der Waals surface area contributed by atoms with Gasteiger partial charge in [0.15, 0.2) is 5.69 Å². The number of pyridine rings is 1. The smallest absolute Gasteiger partial charge is 0.435 e. The molecule has 0 atom stereocenters. The lowest BCUT2D eigenvalue weighted by Crippen LogP contribution is -2.25. The van der Waals surface area contributed by atoms with Crippen LogP contribution in [0.15, 0.2) is 64.9 Å². The fourth-order valence-corrected chi connectivity index (χ4v) is 3.23. The monoisotopic (exact) mass is 538 g/mol. The number of nitrogens with one attached hydrogen (secondary N) is 1. The van der Waals surface area contributed by atoms with Gasteiger partial charge in [0.05, 0.1) is 12.1 Å². The number of carbonyl (C=O) groups excluding carboxylic acids is 1. The predicted octanol–water partition coefficient (Wildman–Crippen LogP) is 4.12. The van der Waals surface area contributed by atoms with Crippen molar-refractivity contribution >= 4 is 40.9 Å². The Balaban J connectivity index is 2.11. The number of aryl methyl sites for hydroxylation is 1. The van der Waals surface area contributed by atoms with Gasteiger partial charge in [0, 0.05) is 42.5 Å². The van der Waals surface area contributed by atoms with Gasteiger partial charge in [-0.15, -0.1) is 0 Å². The van der Waals surface area contributed by atoms with E-state index in [9.17, 15) is 27.2 Å². The van der Waals surface area contributed by atoms with Crippen LogP contribution < -0.4 is 16.6 Å². The molecule has 1 aromatic carbocycles. The molecule has 37 heavy (non-hydrogen) atoms. The van der Waals surface area contributed by atoms with E-state index in [1.54, 1.807) is 0 Å². The average Bonchev–Trinajstić information content (AvgIpc) is 3.34. The fraction of sp³-hybridized carbons (Fsp3) is 0.130. The molecule has 0 bridgehead atoms. The second kappa shape index (κ2) is 10.7. The number of carbonyl (C=O) groups is 1. The molecule has 0 spiro atoms. The lowest BCUT2D eigenvalue weighted by Gasteiger charge is -2.12. The first-order valence-electron chi connectivity index (χ1n) is 10.2. The van der Waals surface area contributed by atoms with Crippen molar-refractivity contribution in [2.75, 3.05) is 12.4 Å². The summed E-state index contributed by atoms with van der Waals surface area (Å²) in [5.74, 6) is -1.86. The van der Waals surface area contributed by atoms with Crippen LogP contribution >= 0.6 is 11.6 Å². The molecule has 0 radical (unpaired) electrons. The minimum Gasteiger partial charge on any atom is -0.465 e. The Bertz CT molecular complexity index is 1490. The molecule has 14 heteroatoms. The Morgan fingerprint density at radius 1 is 1.30 bits per heavy atom. The van der Waals surface area contributed by atoms with E-state index in [1.807, 2.05) is 0 Å². The quantitative estimate of drug-likeness (QED) is 0.266. The van der Waals surface area contributed by atoms with Crippen molar-refractivity contribution in [3.05, 3.63) is 93.1 Å². The molecule has 9 nitrogen and oxygen atoms in total. The zero-order valence-electron chi connectivity index (χ0n) is 19.3. The van der Waals surface area contributed by atoms with E-state index in [4.69, 9.17) is 17.3 Å². The Morgan fingerprint density at radius 2 is 2.00 bits per heavy atom. The average molecular weight is 539 g/mol. The van der Waals surface area contributed by atoms with Crippen molar-refractivity contribution in [1.29, 1.82) is 0 Å². The van der Waals surface area contributed by atoms with Crippen molar-refractivity contribution in [3.63, 3.8) is 0 Å². The van der Waals surface area contributed by atoms with Gasteiger partial charge in [0.25, 0.3) is 5.56 Å². The van der Waals surface area contributed by atoms with Gasteiger partial charge in [-0.1, -0.05) is 18.2 Å². The van der Waals surface area contributed by atoms with Crippen LogP contribution in [0.4, 0.5) is 23.2 Å². The van der Waals surface area contributed by atoms with Gasteiger partial charge in [-0.05, 0) is 30.3 Å². The third-order valence-corrected chi connectivity index (χ3v) is 5.15. The summed E-state index contributed by atoms with van der Waals surface area (Å²) in [4.78, 5) is 28.6. The zero-order valence-corrected chi connectivity index (χ0v) is 20.1. The van der Waals surface area contributed by atoms with Crippen LogP contribution in [0.2, 0.25) is 5.02 Å². The van der Waals surface area contributed by atoms with E-state index >= 15 is 0 Å². The number of nitrogens with zero attached hydrogens (tertiary/aromatic N) is 4. The molecule has 0 saturated carbocycles. The normalized spacial score (nSPS) is 12.4. The molecule has 0 unspecified atom stereocenters. The van der Waals surface area contributed by atoms with Crippen LogP contribution in [0, 0.1) is 5.82 Å². The summed E-state index contributed by atoms with van der Waals surface area (Å²) < 4.78 is 59.1. The Morgan fingerprint density at radius 3 is 2.59 bits per heavy atom. The number of ether oxygens (including phenoxy) is 1. The van der Waals surface area contributed by atoms with Gasteiger partial charge in [0.1, 0.15) is 23.0 Å². The number of hydrogen-bond acceptors (Lipinski definition) is 7. The third kappa shape index (κ3) is 6.25. The minimum atomic E-state index is -4.72. The van der Waals surface area contributed by atoms with Gasteiger partial charge in [-0.3, -0.25) is 4.79 Å². The summed E-state index contributed by atoms with van der Waals surface area (Å²) in [5.41, 5.74) is 4.40. The van der Waals surface area contributed by atoms with E-state index in [0.717, 1.165) is 47.0 Å². The maximum atomic E-state index is 13.4. The second-order valence-electron chi connectivity index (χ2n) is 7.45. The summed E-state index contributed by atoms with van der Waals surface area (Å²) in [6.07, 6.45) is -1.29. The molecule has 3 N–H and O–H groups in total. The SMILES string of the molecule is C=C(N=C/C(=C(\N)n1ccc(C(F)(F)F)n1)c1cc(C(=O)OC)c(=O)n(C)c1)Nc1ccc(F)c(Cl)c1. The van der Waals surface area contributed by atoms with Crippen molar-refractivity contribution in [2.45, 2.75) is 6.18 Å². The number of halogens is 5. The van der Waals surface area contributed by atoms with E-state index in [0.29, 0.717) is 5.69 Å². The van der Waals surface area contributed by atoms with Gasteiger partial charge in [-0.2, -0.15) is 18.3 Å². The Labute approximate surface area is 212 Å². The van der Waals surface area contributed by atoms with Gasteiger partial charge in [0.2, 0.25) is 0 Å². The minimum absolute atomic E-state index is 0.0160. The molecular weight excluding hydrogens is 520 g/mol. The highest BCUT2D eigenvalue weighted by atomic mass is 35.5. The molecule has 2 aromatic heterocycles. The molecule has 0 aliphatic carbocycles. The van der Waals surface area contributed by atoms with Gasteiger partial charge >= 0.3 is 12.1 Å². The molecule has 0 aliphatic heterocycles. The highest BCUT2D eigenvalue weighted by Crippen LogP contribution is 2.28. The molecular formula is C23H19ClF4N6O3. The van der Waals surface area contributed by atoms with E-state index < -0.39 is 29.2 Å². The summed E-state index contributed by atoms with van der Waals surface area (Å²) in [6, 6.07) is 5.68. The van der Waals surface area contributed by atoms with E-state index in [1.165, 1.54) is 25.4 Å². The van der Waals surface area contributed by atoms with Crippen molar-refractivity contribution in [3.8, 4) is 0 Å². The van der Waals surface area contributed by atoms with Crippen LogP contribution in [-0.4, -0.2) is 33.6 Å². The summed E-state index contributed by atoms with van der Waals surface area (Å²) in [7, 11) is 2.44. The van der Waals surface area contributed by atoms with Gasteiger partial charge in [-0.25, -0.2) is 18.9 Å². The van der Waals surface area contributed by atoms with Gasteiger partial charge < -0.3 is 20.4 Å². The topological polar surface area (TPSA) is 117 Å². The molecule has 194 valence electrons. The van der Waals surface area contributed by atoms with Crippen LogP contribution in [0.3, 0.4) is 0 Å². The number of rotatable bonds is 7. The van der Waals surface area contributed by atoms with Crippen molar-refractivity contribution < 1.29 is 27.1 Å². The highest BCUT2D eigenvalue weighted by molar-refractivity contribution is 6.31. The number of anilines is 1. The maximum Gasteiger partial charge on any atom is 0.435 e. The number of methoxy groups -OCH3 is 1. The first kappa shape index (κ1) is 27.2. The van der Waals surface area contributed by atoms with Crippen LogP contribution in [0.25, 0.3) is 11.4 Å². The predicted molar refractivity (Wildman–Crippen MR) is 130 cm³/mol. The summed E-state index contributed by atoms with van der Waals surface area (Å²) in [6.45, 7) is 3.72. The molecule has 0 amide bonds. The molecule has 3 rings (SSSR count). The number of benzene rings is 1. The van der Waals surface area contributed by atoms with Crippen LogP contribution in [0.1, 0.15) is 21.6 Å². The summed E-state index contributed by atoms with van der Waals surface area (Å²) >= 11 is 5.77. The van der Waals surface area contributed by atoms with E-state index in [-0.39, 0.29) is 33.4 Å². The van der Waals surface area contributed by atoms with Crippen LogP contribution in [0.5, 0.6) is 0 Å². The number of nitrogens with two attached hydrogens (primary N) is 1. The number of hydrogen-bond donors (Lipinski definition) is 2. The second-order valence-corrected chi connectivity index (χ2v) is 7.86. The molecule has 2 heterocycles. The molecule has 0 fully saturated rings. The number of aliphatic imine (C=N–C) groups is 1. The maximum absolute atomic E-state index is 13.4. The first-order valence-corrected chi connectivity index (χ1v) is 10.6. The number of aromatic nitrogens is 3. The highest BCUT2D eigenvalue weighted by Gasteiger charge is 2.34. The van der Waals surface area contributed by atoms with Crippen molar-refractivity contribution in [2.24, 2.45) is 17.8 Å². The number of alkyl halides is 3. The van der Waals surface area contributed by atoms with Crippen molar-refractivity contribution in [1.82, 2.24) is 14.3 Å². The fourth-order valence-electron chi connectivity index (χ4n) is 3.05. The lowest BCUT2D eigenvalue weighted by atomic mass is 10.1. The molecule has 0 saturated heterocycles. The van der Waals surface area contributed by atoms with E-state index in [2.05, 4.69) is 26.7 Å². The third-order valence-electron chi connectivity index (χ3n) is 4.86. The lowest BCUT2D eigenvalue weighted by molar-refractivity contribution is -0.141. The molecule has 3 aromatic rings. The number of esters is 1. The largest absolute Gasteiger partial charge is 0.465 e. The Kier molecular flexibility index (Phi) is 7.87.